The largest absolute Gasteiger partial charge is 0.493 e. The Labute approximate surface area is 117 Å². The average molecular weight is 282 g/mol. The van der Waals surface area contributed by atoms with Crippen molar-refractivity contribution in [2.45, 2.75) is 37.8 Å². The van der Waals surface area contributed by atoms with Crippen LogP contribution in [0.2, 0.25) is 0 Å². The van der Waals surface area contributed by atoms with Gasteiger partial charge in [-0.2, -0.15) is 0 Å². The molecule has 0 heterocycles. The van der Waals surface area contributed by atoms with Gasteiger partial charge < -0.3 is 14.6 Å². The molecule has 1 aliphatic rings. The second-order valence-electron chi connectivity index (χ2n) is 5.61. The number of aliphatic carboxylic acids is 1. The first-order valence-electron chi connectivity index (χ1n) is 6.45. The maximum absolute atomic E-state index is 14.5. The van der Waals surface area contributed by atoms with Crippen LogP contribution in [-0.2, 0) is 15.9 Å². The van der Waals surface area contributed by atoms with Crippen LogP contribution in [0.25, 0.3) is 0 Å². The zero-order chi connectivity index (χ0) is 15.1. The van der Waals surface area contributed by atoms with Crippen LogP contribution in [0.5, 0.6) is 11.5 Å². The van der Waals surface area contributed by atoms with Crippen LogP contribution in [0, 0.1) is 0 Å². The first kappa shape index (κ1) is 14.6. The molecule has 1 fully saturated rings. The lowest BCUT2D eigenvalue weighted by atomic mass is 9.85. The van der Waals surface area contributed by atoms with E-state index in [0.717, 1.165) is 0 Å². The summed E-state index contributed by atoms with van der Waals surface area (Å²) in [4.78, 5) is 11.5. The highest BCUT2D eigenvalue weighted by atomic mass is 19.1. The molecule has 0 spiro atoms. The van der Waals surface area contributed by atoms with E-state index in [0.29, 0.717) is 35.5 Å². The molecule has 20 heavy (non-hydrogen) atoms. The van der Waals surface area contributed by atoms with Gasteiger partial charge in [0.15, 0.2) is 11.5 Å². The Bertz CT molecular complexity index is 542. The third-order valence-corrected chi connectivity index (χ3v) is 3.84. The van der Waals surface area contributed by atoms with Gasteiger partial charge >= 0.3 is 5.97 Å². The molecule has 1 aliphatic carbocycles. The van der Waals surface area contributed by atoms with Crippen molar-refractivity contribution in [3.63, 3.8) is 0 Å². The minimum absolute atomic E-state index is 0.343. The van der Waals surface area contributed by atoms with Gasteiger partial charge in [-0.15, -0.1) is 0 Å². The van der Waals surface area contributed by atoms with E-state index in [9.17, 15) is 14.3 Å². The lowest BCUT2D eigenvalue weighted by Crippen LogP contribution is -2.25. The molecule has 0 amide bonds. The number of methoxy groups -OCH3 is 2. The molecule has 1 aromatic rings. The average Bonchev–Trinajstić information content (AvgIpc) is 3.17. The van der Waals surface area contributed by atoms with Gasteiger partial charge in [0.2, 0.25) is 0 Å². The molecule has 1 N–H and O–H groups in total. The Morgan fingerprint density at radius 2 is 1.75 bits per heavy atom. The van der Waals surface area contributed by atoms with E-state index in [1.165, 1.54) is 34.1 Å². The lowest BCUT2D eigenvalue weighted by molar-refractivity contribution is -0.140. The van der Waals surface area contributed by atoms with E-state index in [1.54, 1.807) is 6.07 Å². The second-order valence-corrected chi connectivity index (χ2v) is 5.61. The lowest BCUT2D eigenvalue weighted by Gasteiger charge is -2.24. The standard InChI is InChI=1S/C15H19FO4/c1-14(2,16)9-7-11(19-3)12(20-4)8-10(9)15(5-6-15)13(17)18/h7-8H,5-6H2,1-4H3,(H,17,18). The number of benzene rings is 1. The predicted octanol–water partition coefficient (Wildman–Crippen LogP) is 3.02. The monoisotopic (exact) mass is 282 g/mol. The molecule has 0 radical (unpaired) electrons. The molecule has 0 aliphatic heterocycles. The summed E-state index contributed by atoms with van der Waals surface area (Å²) in [6.45, 7) is 2.82. The number of ether oxygens (including phenoxy) is 2. The van der Waals surface area contributed by atoms with Crippen LogP contribution in [-0.4, -0.2) is 25.3 Å². The number of carbonyl (C=O) groups is 1. The third kappa shape index (κ3) is 2.21. The van der Waals surface area contributed by atoms with Crippen LogP contribution in [0.3, 0.4) is 0 Å². The van der Waals surface area contributed by atoms with Gasteiger partial charge in [0.1, 0.15) is 5.67 Å². The highest BCUT2D eigenvalue weighted by Gasteiger charge is 2.54. The SMILES string of the molecule is COc1cc(C(C)(C)F)c(C2(C(=O)O)CC2)cc1OC. The number of hydrogen-bond acceptors (Lipinski definition) is 3. The van der Waals surface area contributed by atoms with Crippen molar-refractivity contribution in [2.75, 3.05) is 14.2 Å². The van der Waals surface area contributed by atoms with Crippen molar-refractivity contribution in [2.24, 2.45) is 0 Å². The topological polar surface area (TPSA) is 55.8 Å². The molecule has 0 bridgehead atoms. The maximum atomic E-state index is 14.5. The van der Waals surface area contributed by atoms with Crippen molar-refractivity contribution in [1.29, 1.82) is 0 Å². The normalized spacial score (nSPS) is 16.6. The molecule has 0 unspecified atom stereocenters. The Kier molecular flexibility index (Phi) is 3.40. The fraction of sp³-hybridized carbons (Fsp3) is 0.533. The number of halogens is 1. The van der Waals surface area contributed by atoms with Crippen LogP contribution in [0.4, 0.5) is 4.39 Å². The van der Waals surface area contributed by atoms with Gasteiger partial charge in [-0.1, -0.05) is 0 Å². The molecule has 0 saturated heterocycles. The van der Waals surface area contributed by atoms with E-state index in [1.807, 2.05) is 0 Å². The van der Waals surface area contributed by atoms with Gasteiger partial charge in [-0.3, -0.25) is 4.79 Å². The molecule has 110 valence electrons. The molecule has 2 rings (SSSR count). The molecule has 0 aromatic heterocycles. The second kappa shape index (κ2) is 4.65. The third-order valence-electron chi connectivity index (χ3n) is 3.84. The highest BCUT2D eigenvalue weighted by Crippen LogP contribution is 2.53. The summed E-state index contributed by atoms with van der Waals surface area (Å²) < 4.78 is 24.9. The molecule has 5 heteroatoms. The van der Waals surface area contributed by atoms with Crippen LogP contribution in [0.1, 0.15) is 37.8 Å². The smallest absolute Gasteiger partial charge is 0.314 e. The van der Waals surface area contributed by atoms with Crippen LogP contribution < -0.4 is 9.47 Å². The van der Waals surface area contributed by atoms with Gasteiger partial charge in [0.05, 0.1) is 19.6 Å². The van der Waals surface area contributed by atoms with Gasteiger partial charge in [0, 0.05) is 0 Å². The van der Waals surface area contributed by atoms with Gasteiger partial charge in [-0.05, 0) is 49.9 Å². The fourth-order valence-corrected chi connectivity index (χ4v) is 2.49. The summed E-state index contributed by atoms with van der Waals surface area (Å²) in [5, 5.41) is 9.44. The summed E-state index contributed by atoms with van der Waals surface area (Å²) >= 11 is 0. The van der Waals surface area contributed by atoms with Crippen molar-refractivity contribution in [3.05, 3.63) is 23.3 Å². The summed E-state index contributed by atoms with van der Waals surface area (Å²) in [5.74, 6) is -0.101. The van der Waals surface area contributed by atoms with E-state index >= 15 is 0 Å². The molecule has 4 nitrogen and oxygen atoms in total. The van der Waals surface area contributed by atoms with Crippen molar-refractivity contribution < 1.29 is 23.8 Å². The van der Waals surface area contributed by atoms with Crippen molar-refractivity contribution >= 4 is 5.97 Å². The van der Waals surface area contributed by atoms with E-state index in [2.05, 4.69) is 0 Å². The zero-order valence-electron chi connectivity index (χ0n) is 12.1. The number of hydrogen-bond donors (Lipinski definition) is 1. The van der Waals surface area contributed by atoms with Gasteiger partial charge in [0.25, 0.3) is 0 Å². The first-order valence-corrected chi connectivity index (χ1v) is 6.45. The fourth-order valence-electron chi connectivity index (χ4n) is 2.49. The highest BCUT2D eigenvalue weighted by molar-refractivity contribution is 5.86. The van der Waals surface area contributed by atoms with E-state index in [-0.39, 0.29) is 0 Å². The molecule has 1 saturated carbocycles. The predicted molar refractivity (Wildman–Crippen MR) is 72.2 cm³/mol. The van der Waals surface area contributed by atoms with E-state index in [4.69, 9.17) is 9.47 Å². The zero-order valence-corrected chi connectivity index (χ0v) is 12.1. The van der Waals surface area contributed by atoms with E-state index < -0.39 is 17.1 Å². The van der Waals surface area contributed by atoms with Gasteiger partial charge in [-0.25, -0.2) is 4.39 Å². The quantitative estimate of drug-likeness (QED) is 0.902. The Balaban J connectivity index is 2.68. The summed E-state index contributed by atoms with van der Waals surface area (Å²) in [7, 11) is 2.94. The summed E-state index contributed by atoms with van der Waals surface area (Å²) in [6, 6.07) is 3.13. The molecular formula is C15H19FO4. The van der Waals surface area contributed by atoms with Crippen molar-refractivity contribution in [3.8, 4) is 11.5 Å². The van der Waals surface area contributed by atoms with Crippen LogP contribution in [0.15, 0.2) is 12.1 Å². The minimum atomic E-state index is -1.65. The minimum Gasteiger partial charge on any atom is -0.493 e. The summed E-state index contributed by atoms with van der Waals surface area (Å²) in [6.07, 6.45) is 1.03. The Morgan fingerprint density at radius 3 is 2.10 bits per heavy atom. The maximum Gasteiger partial charge on any atom is 0.314 e. The number of rotatable bonds is 5. The van der Waals surface area contributed by atoms with Crippen LogP contribution >= 0.6 is 0 Å². The number of carboxylic acid groups (broad SMARTS) is 1. The number of carboxylic acids is 1. The molecular weight excluding hydrogens is 263 g/mol. The molecule has 0 atom stereocenters. The first-order chi connectivity index (χ1) is 9.26. The van der Waals surface area contributed by atoms with Crippen molar-refractivity contribution in [1.82, 2.24) is 0 Å². The Hall–Kier alpha value is -1.78. The molecule has 1 aromatic carbocycles. The summed E-state index contributed by atoms with van der Waals surface area (Å²) in [5.41, 5.74) is -1.82. The number of alkyl halides is 1. The Morgan fingerprint density at radius 1 is 1.25 bits per heavy atom.